The van der Waals surface area contributed by atoms with E-state index < -0.39 is 60.4 Å². The Labute approximate surface area is 155 Å². The zero-order valence-electron chi connectivity index (χ0n) is 15.7. The van der Waals surface area contributed by atoms with E-state index in [1.54, 1.807) is 0 Å². The molecule has 152 valence electrons. The van der Waals surface area contributed by atoms with Crippen molar-refractivity contribution in [1.82, 2.24) is 5.32 Å². The molecule has 0 aromatic carbocycles. The van der Waals surface area contributed by atoms with Gasteiger partial charge in [-0.3, -0.25) is 24.0 Å². The average Bonchev–Trinajstić information content (AvgIpc) is 2.49. The van der Waals surface area contributed by atoms with Crippen molar-refractivity contribution in [2.45, 2.75) is 65.3 Å². The van der Waals surface area contributed by atoms with Crippen LogP contribution in [0.25, 0.3) is 0 Å². The number of rotatable bonds is 6. The van der Waals surface area contributed by atoms with Crippen molar-refractivity contribution < 1.29 is 47.7 Å². The Balaban J connectivity index is 3.29. The summed E-state index contributed by atoms with van der Waals surface area (Å²) >= 11 is 0. The summed E-state index contributed by atoms with van der Waals surface area (Å²) in [6.45, 7) is 5.36. The van der Waals surface area contributed by atoms with E-state index in [9.17, 15) is 24.0 Å². The second-order valence-electron chi connectivity index (χ2n) is 5.83. The third-order valence-electron chi connectivity index (χ3n) is 3.35. The highest BCUT2D eigenvalue weighted by Crippen LogP contribution is 2.28. The van der Waals surface area contributed by atoms with Crippen molar-refractivity contribution in [3.63, 3.8) is 0 Å². The molecule has 27 heavy (non-hydrogen) atoms. The summed E-state index contributed by atoms with van der Waals surface area (Å²) < 4.78 is 25.9. The fraction of sp³-hybridized carbons (Fsp3) is 0.688. The van der Waals surface area contributed by atoms with Crippen LogP contribution in [-0.4, -0.2) is 67.0 Å². The molecule has 0 spiro atoms. The van der Waals surface area contributed by atoms with Crippen LogP contribution in [0, 0.1) is 0 Å². The molecule has 0 bridgehead atoms. The Kier molecular flexibility index (Phi) is 8.16. The SMILES string of the molecule is CC(=O)NC1C(OC(C)=O)[C@@H](OC(C)=O)C(COC(C)=O)O[C@@H]1OC(C)=O. The van der Waals surface area contributed by atoms with Crippen LogP contribution in [0.15, 0.2) is 0 Å². The van der Waals surface area contributed by atoms with Gasteiger partial charge in [0.15, 0.2) is 12.2 Å². The fourth-order valence-electron chi connectivity index (χ4n) is 2.55. The molecule has 5 atom stereocenters. The number of nitrogens with one attached hydrogen (secondary N) is 1. The van der Waals surface area contributed by atoms with Crippen LogP contribution in [0.5, 0.6) is 0 Å². The van der Waals surface area contributed by atoms with Gasteiger partial charge in [-0.05, 0) is 0 Å². The van der Waals surface area contributed by atoms with Gasteiger partial charge in [0.1, 0.15) is 18.8 Å². The van der Waals surface area contributed by atoms with Gasteiger partial charge < -0.3 is 29.0 Å². The van der Waals surface area contributed by atoms with E-state index in [-0.39, 0.29) is 6.61 Å². The second kappa shape index (κ2) is 9.86. The molecule has 1 fully saturated rings. The predicted octanol–water partition coefficient (Wildman–Crippen LogP) is -0.794. The van der Waals surface area contributed by atoms with Crippen molar-refractivity contribution in [2.24, 2.45) is 0 Å². The van der Waals surface area contributed by atoms with Crippen LogP contribution in [-0.2, 0) is 47.7 Å². The smallest absolute Gasteiger partial charge is 0.305 e. The van der Waals surface area contributed by atoms with Gasteiger partial charge >= 0.3 is 23.9 Å². The van der Waals surface area contributed by atoms with E-state index in [0.717, 1.165) is 27.7 Å². The summed E-state index contributed by atoms with van der Waals surface area (Å²) in [5, 5.41) is 2.46. The zero-order chi connectivity index (χ0) is 20.7. The molecule has 1 aliphatic heterocycles. The lowest BCUT2D eigenvalue weighted by Crippen LogP contribution is -2.66. The van der Waals surface area contributed by atoms with E-state index >= 15 is 0 Å². The van der Waals surface area contributed by atoms with Crippen LogP contribution in [0.2, 0.25) is 0 Å². The predicted molar refractivity (Wildman–Crippen MR) is 85.8 cm³/mol. The number of ether oxygens (including phenoxy) is 5. The van der Waals surface area contributed by atoms with Crippen LogP contribution < -0.4 is 5.32 Å². The van der Waals surface area contributed by atoms with E-state index in [4.69, 9.17) is 23.7 Å². The number of hydrogen-bond donors (Lipinski definition) is 1. The van der Waals surface area contributed by atoms with Crippen LogP contribution in [0.1, 0.15) is 34.6 Å². The molecule has 1 heterocycles. The number of amides is 1. The third-order valence-corrected chi connectivity index (χ3v) is 3.35. The summed E-state index contributed by atoms with van der Waals surface area (Å²) in [6.07, 6.45) is -4.97. The maximum Gasteiger partial charge on any atom is 0.305 e. The standard InChI is InChI=1S/C16H23NO10/c1-7(18)17-13-15(25-10(4)21)14(24-9(3)20)12(6-23-8(2)19)27-16(13)26-11(5)22/h12-16H,6H2,1-5H3,(H,17,18)/t12?,13?,14-,15?,16-/m0/s1. The summed E-state index contributed by atoms with van der Waals surface area (Å²) in [5.74, 6) is -3.34. The first-order valence-electron chi connectivity index (χ1n) is 8.08. The van der Waals surface area contributed by atoms with Gasteiger partial charge in [-0.1, -0.05) is 0 Å². The topological polar surface area (TPSA) is 144 Å². The zero-order valence-corrected chi connectivity index (χ0v) is 15.7. The summed E-state index contributed by atoms with van der Waals surface area (Å²) in [5.41, 5.74) is 0. The molecule has 11 nitrogen and oxygen atoms in total. The molecule has 0 aliphatic carbocycles. The second-order valence-corrected chi connectivity index (χ2v) is 5.83. The van der Waals surface area contributed by atoms with Crippen LogP contribution in [0.4, 0.5) is 0 Å². The molecular formula is C16H23NO10. The molecule has 0 saturated carbocycles. The molecule has 0 aromatic heterocycles. The quantitative estimate of drug-likeness (QED) is 0.453. The molecule has 3 unspecified atom stereocenters. The number of hydrogen-bond acceptors (Lipinski definition) is 10. The summed E-state index contributed by atoms with van der Waals surface area (Å²) in [7, 11) is 0. The van der Waals surface area contributed by atoms with Crippen LogP contribution >= 0.6 is 0 Å². The lowest BCUT2D eigenvalue weighted by atomic mass is 9.96. The van der Waals surface area contributed by atoms with Crippen molar-refractivity contribution in [3.8, 4) is 0 Å². The van der Waals surface area contributed by atoms with Crippen LogP contribution in [0.3, 0.4) is 0 Å². The Morgan fingerprint density at radius 2 is 1.30 bits per heavy atom. The number of carbonyl (C=O) groups is 5. The molecule has 1 amide bonds. The van der Waals surface area contributed by atoms with E-state index in [2.05, 4.69) is 5.32 Å². The Bertz CT molecular complexity index is 604. The molecule has 1 rings (SSSR count). The first-order valence-corrected chi connectivity index (χ1v) is 8.08. The highest BCUT2D eigenvalue weighted by atomic mass is 16.7. The minimum Gasteiger partial charge on any atom is -0.463 e. The van der Waals surface area contributed by atoms with Gasteiger partial charge in [0.05, 0.1) is 0 Å². The van der Waals surface area contributed by atoms with Gasteiger partial charge in [-0.15, -0.1) is 0 Å². The minimum atomic E-state index is -1.37. The maximum absolute atomic E-state index is 11.6. The summed E-state index contributed by atoms with van der Waals surface area (Å²) in [4.78, 5) is 57.2. The number of carbonyl (C=O) groups excluding carboxylic acids is 5. The minimum absolute atomic E-state index is 0.365. The molecule has 11 heteroatoms. The maximum atomic E-state index is 11.6. The molecule has 0 aromatic rings. The van der Waals surface area contributed by atoms with Crippen molar-refractivity contribution in [2.75, 3.05) is 6.61 Å². The normalized spacial score (nSPS) is 27.1. The molecule has 0 radical (unpaired) electrons. The van der Waals surface area contributed by atoms with Crippen molar-refractivity contribution >= 4 is 29.8 Å². The Morgan fingerprint density at radius 3 is 1.74 bits per heavy atom. The van der Waals surface area contributed by atoms with Gasteiger partial charge in [-0.25, -0.2) is 0 Å². The van der Waals surface area contributed by atoms with E-state index in [0.29, 0.717) is 0 Å². The lowest BCUT2D eigenvalue weighted by Gasteiger charge is -2.44. The average molecular weight is 389 g/mol. The van der Waals surface area contributed by atoms with Gasteiger partial charge in [-0.2, -0.15) is 0 Å². The first-order chi connectivity index (χ1) is 12.5. The summed E-state index contributed by atoms with van der Waals surface area (Å²) in [6, 6.07) is -1.16. The van der Waals surface area contributed by atoms with E-state index in [1.807, 2.05) is 0 Å². The highest BCUT2D eigenvalue weighted by Gasteiger charge is 2.52. The molecule has 1 saturated heterocycles. The largest absolute Gasteiger partial charge is 0.463 e. The monoisotopic (exact) mass is 389 g/mol. The molecule has 1 N–H and O–H groups in total. The van der Waals surface area contributed by atoms with E-state index in [1.165, 1.54) is 6.92 Å². The Hall–Kier alpha value is -2.69. The number of esters is 4. The van der Waals surface area contributed by atoms with Gasteiger partial charge in [0, 0.05) is 34.6 Å². The lowest BCUT2D eigenvalue weighted by molar-refractivity contribution is -0.270. The fourth-order valence-corrected chi connectivity index (χ4v) is 2.55. The van der Waals surface area contributed by atoms with Gasteiger partial charge in [0.2, 0.25) is 12.2 Å². The Morgan fingerprint density at radius 1 is 0.778 bits per heavy atom. The van der Waals surface area contributed by atoms with Crippen molar-refractivity contribution in [1.29, 1.82) is 0 Å². The molecular weight excluding hydrogens is 366 g/mol. The highest BCUT2D eigenvalue weighted by molar-refractivity contribution is 5.74. The third kappa shape index (κ3) is 7.21. The first kappa shape index (κ1) is 22.4. The van der Waals surface area contributed by atoms with Gasteiger partial charge in [0.25, 0.3) is 0 Å². The van der Waals surface area contributed by atoms with Crippen molar-refractivity contribution in [3.05, 3.63) is 0 Å². The molecule has 1 aliphatic rings.